The number of rotatable bonds is 4. The van der Waals surface area contributed by atoms with Crippen molar-refractivity contribution in [3.63, 3.8) is 0 Å². The molecule has 2 aromatic rings. The molecule has 0 unspecified atom stereocenters. The zero-order valence-corrected chi connectivity index (χ0v) is 13.0. The number of amides is 1. The van der Waals surface area contributed by atoms with Crippen molar-refractivity contribution in [3.8, 4) is 5.75 Å². The van der Waals surface area contributed by atoms with Crippen LogP contribution in [-0.2, 0) is 17.8 Å². The zero-order valence-electron chi connectivity index (χ0n) is 13.0. The highest BCUT2D eigenvalue weighted by molar-refractivity contribution is 5.77. The fraction of sp³-hybridized carbons (Fsp3) is 0.412. The molecule has 1 aromatic heterocycles. The number of nitrogens with zero attached hydrogens (tertiary/aromatic N) is 2. The molecule has 2 heterocycles. The van der Waals surface area contributed by atoms with Crippen molar-refractivity contribution in [1.82, 2.24) is 14.9 Å². The molecule has 0 bridgehead atoms. The van der Waals surface area contributed by atoms with Gasteiger partial charge in [-0.15, -0.1) is 0 Å². The first-order valence-electron chi connectivity index (χ1n) is 7.61. The number of benzene rings is 1. The Labute approximate surface area is 130 Å². The normalized spacial score (nSPS) is 16.9. The van der Waals surface area contributed by atoms with Crippen LogP contribution in [0.3, 0.4) is 0 Å². The molecule has 1 aliphatic rings. The topological polar surface area (TPSA) is 56.1 Å². The number of imidazole rings is 1. The largest absolute Gasteiger partial charge is 0.484 e. The van der Waals surface area contributed by atoms with Gasteiger partial charge in [0, 0.05) is 31.4 Å². The van der Waals surface area contributed by atoms with Crippen LogP contribution in [0.5, 0.6) is 5.75 Å². The van der Waals surface area contributed by atoms with E-state index in [4.69, 9.17) is 4.74 Å². The van der Waals surface area contributed by atoms with Gasteiger partial charge in [0.2, 0.25) is 0 Å². The molecule has 116 valence electrons. The number of aromatic nitrogens is 2. The number of nitrogens with one attached hydrogen (secondary N) is 1. The third-order valence-electron chi connectivity index (χ3n) is 4.15. The average Bonchev–Trinajstić information content (AvgIpc) is 2.96. The van der Waals surface area contributed by atoms with Crippen LogP contribution in [0.4, 0.5) is 0 Å². The number of ether oxygens (including phenoxy) is 1. The summed E-state index contributed by atoms with van der Waals surface area (Å²) in [6.45, 7) is 4.92. The van der Waals surface area contributed by atoms with Crippen molar-refractivity contribution in [1.29, 1.82) is 0 Å². The number of carbonyl (C=O) groups is 1. The summed E-state index contributed by atoms with van der Waals surface area (Å²) in [6.07, 6.45) is 5.59. The molecule has 1 amide bonds. The molecule has 0 spiro atoms. The fourth-order valence-electron chi connectivity index (χ4n) is 2.71. The van der Waals surface area contributed by atoms with E-state index in [2.05, 4.69) is 21.8 Å². The average molecular weight is 299 g/mol. The predicted molar refractivity (Wildman–Crippen MR) is 83.9 cm³/mol. The lowest BCUT2D eigenvalue weighted by molar-refractivity contribution is -0.124. The van der Waals surface area contributed by atoms with E-state index in [1.807, 2.05) is 37.5 Å². The number of carbonyl (C=O) groups excluding carboxylic acids is 1. The Bertz CT molecular complexity index is 678. The molecule has 1 aliphatic heterocycles. The maximum Gasteiger partial charge on any atom is 0.258 e. The third-order valence-corrected chi connectivity index (χ3v) is 4.15. The molecule has 0 saturated heterocycles. The number of fused-ring (bicyclic) bond motifs is 1. The molecule has 0 saturated carbocycles. The minimum atomic E-state index is -0.0770. The highest BCUT2D eigenvalue weighted by Crippen LogP contribution is 2.16. The van der Waals surface area contributed by atoms with Gasteiger partial charge in [-0.25, -0.2) is 4.98 Å². The van der Waals surface area contributed by atoms with Crippen molar-refractivity contribution in [2.75, 3.05) is 6.61 Å². The van der Waals surface area contributed by atoms with Crippen molar-refractivity contribution in [2.24, 2.45) is 0 Å². The minimum Gasteiger partial charge on any atom is -0.484 e. The Morgan fingerprint density at radius 2 is 2.27 bits per heavy atom. The first-order valence-corrected chi connectivity index (χ1v) is 7.61. The standard InChI is InChI=1S/C17H21N3O2/c1-12-3-5-15(9-13(12)2)22-11-17(21)19-14-4-6-16-18-7-8-20(16)10-14/h3,5,7-9,14H,4,6,10-11H2,1-2H3,(H,19,21)/t14-/m1/s1. The Morgan fingerprint density at radius 3 is 3.09 bits per heavy atom. The van der Waals surface area contributed by atoms with E-state index in [0.29, 0.717) is 0 Å². The Balaban J connectivity index is 1.50. The van der Waals surface area contributed by atoms with E-state index in [1.54, 1.807) is 0 Å². The molecule has 1 N–H and O–H groups in total. The van der Waals surface area contributed by atoms with E-state index in [1.165, 1.54) is 5.56 Å². The maximum absolute atomic E-state index is 12.0. The molecular formula is C17H21N3O2. The second-order valence-corrected chi connectivity index (χ2v) is 5.83. The van der Waals surface area contributed by atoms with Crippen LogP contribution in [0.15, 0.2) is 30.6 Å². The third kappa shape index (κ3) is 3.30. The number of hydrogen-bond donors (Lipinski definition) is 1. The van der Waals surface area contributed by atoms with E-state index < -0.39 is 0 Å². The molecule has 0 aliphatic carbocycles. The highest BCUT2D eigenvalue weighted by atomic mass is 16.5. The molecule has 5 heteroatoms. The Hall–Kier alpha value is -2.30. The molecular weight excluding hydrogens is 278 g/mol. The van der Waals surface area contributed by atoms with Gasteiger partial charge in [-0.2, -0.15) is 0 Å². The van der Waals surface area contributed by atoms with E-state index in [-0.39, 0.29) is 18.6 Å². The Kier molecular flexibility index (Phi) is 4.13. The second-order valence-electron chi connectivity index (χ2n) is 5.83. The summed E-state index contributed by atoms with van der Waals surface area (Å²) in [5.41, 5.74) is 2.38. The van der Waals surface area contributed by atoms with Crippen molar-refractivity contribution >= 4 is 5.91 Å². The van der Waals surface area contributed by atoms with Gasteiger partial charge in [0.15, 0.2) is 6.61 Å². The van der Waals surface area contributed by atoms with Crippen LogP contribution in [0, 0.1) is 13.8 Å². The predicted octanol–water partition coefficient (Wildman–Crippen LogP) is 2.01. The SMILES string of the molecule is Cc1ccc(OCC(=O)N[C@@H]2CCc3nccn3C2)cc1C. The lowest BCUT2D eigenvalue weighted by Crippen LogP contribution is -2.42. The van der Waals surface area contributed by atoms with Gasteiger partial charge in [-0.3, -0.25) is 4.79 Å². The number of aryl methyl sites for hydroxylation is 3. The summed E-state index contributed by atoms with van der Waals surface area (Å²) in [4.78, 5) is 16.3. The lowest BCUT2D eigenvalue weighted by atomic mass is 10.1. The highest BCUT2D eigenvalue weighted by Gasteiger charge is 2.20. The van der Waals surface area contributed by atoms with Crippen molar-refractivity contribution in [2.45, 2.75) is 39.3 Å². The van der Waals surface area contributed by atoms with Gasteiger partial charge in [-0.05, 0) is 43.5 Å². The summed E-state index contributed by atoms with van der Waals surface area (Å²) in [5, 5.41) is 3.03. The molecule has 1 atom stereocenters. The summed E-state index contributed by atoms with van der Waals surface area (Å²) in [5.74, 6) is 1.75. The summed E-state index contributed by atoms with van der Waals surface area (Å²) in [6, 6.07) is 6.01. The summed E-state index contributed by atoms with van der Waals surface area (Å²) >= 11 is 0. The van der Waals surface area contributed by atoms with Gasteiger partial charge in [-0.1, -0.05) is 6.07 Å². The van der Waals surface area contributed by atoms with Gasteiger partial charge in [0.1, 0.15) is 11.6 Å². The van der Waals surface area contributed by atoms with E-state index in [0.717, 1.165) is 36.5 Å². The Morgan fingerprint density at radius 1 is 1.41 bits per heavy atom. The van der Waals surface area contributed by atoms with E-state index >= 15 is 0 Å². The van der Waals surface area contributed by atoms with Gasteiger partial charge < -0.3 is 14.6 Å². The van der Waals surface area contributed by atoms with Crippen molar-refractivity contribution in [3.05, 3.63) is 47.5 Å². The van der Waals surface area contributed by atoms with Crippen LogP contribution in [-0.4, -0.2) is 28.1 Å². The smallest absolute Gasteiger partial charge is 0.258 e. The molecule has 5 nitrogen and oxygen atoms in total. The first kappa shape index (κ1) is 14.6. The van der Waals surface area contributed by atoms with Gasteiger partial charge >= 0.3 is 0 Å². The first-order chi connectivity index (χ1) is 10.6. The van der Waals surface area contributed by atoms with Crippen LogP contribution in [0.25, 0.3) is 0 Å². The quantitative estimate of drug-likeness (QED) is 0.939. The van der Waals surface area contributed by atoms with Gasteiger partial charge in [0.25, 0.3) is 5.91 Å². The summed E-state index contributed by atoms with van der Waals surface area (Å²) in [7, 11) is 0. The monoisotopic (exact) mass is 299 g/mol. The molecule has 3 rings (SSSR count). The molecule has 1 aromatic carbocycles. The van der Waals surface area contributed by atoms with Crippen LogP contribution >= 0.6 is 0 Å². The second kappa shape index (κ2) is 6.22. The molecule has 22 heavy (non-hydrogen) atoms. The number of hydrogen-bond acceptors (Lipinski definition) is 3. The summed E-state index contributed by atoms with van der Waals surface area (Å²) < 4.78 is 7.66. The maximum atomic E-state index is 12.0. The molecule has 0 fully saturated rings. The fourth-order valence-corrected chi connectivity index (χ4v) is 2.71. The lowest BCUT2D eigenvalue weighted by Gasteiger charge is -2.24. The van der Waals surface area contributed by atoms with Crippen LogP contribution < -0.4 is 10.1 Å². The van der Waals surface area contributed by atoms with Gasteiger partial charge in [0.05, 0.1) is 0 Å². The zero-order chi connectivity index (χ0) is 15.5. The van der Waals surface area contributed by atoms with Crippen LogP contribution in [0.1, 0.15) is 23.4 Å². The minimum absolute atomic E-state index is 0.0514. The molecule has 0 radical (unpaired) electrons. The van der Waals surface area contributed by atoms with Crippen molar-refractivity contribution < 1.29 is 9.53 Å². The van der Waals surface area contributed by atoms with E-state index in [9.17, 15) is 4.79 Å². The van der Waals surface area contributed by atoms with Crippen LogP contribution in [0.2, 0.25) is 0 Å².